The van der Waals surface area contributed by atoms with Crippen molar-refractivity contribution in [3.05, 3.63) is 58.6 Å². The van der Waals surface area contributed by atoms with Crippen molar-refractivity contribution in [2.24, 2.45) is 0 Å². The number of aromatic amines is 1. The van der Waals surface area contributed by atoms with Crippen LogP contribution in [-0.2, 0) is 11.3 Å². The molecule has 3 rings (SSSR count). The summed E-state index contributed by atoms with van der Waals surface area (Å²) in [5.74, 6) is 0.0673. The van der Waals surface area contributed by atoms with E-state index in [0.29, 0.717) is 29.4 Å². The molecule has 0 atom stereocenters. The van der Waals surface area contributed by atoms with Crippen LogP contribution in [0.25, 0.3) is 11.4 Å². The van der Waals surface area contributed by atoms with Gasteiger partial charge in [0.1, 0.15) is 0 Å². The van der Waals surface area contributed by atoms with Crippen LogP contribution >= 0.6 is 12.2 Å². The average molecular weight is 400 g/mol. The molecule has 3 aromatic rings. The monoisotopic (exact) mass is 400 g/mol. The van der Waals surface area contributed by atoms with Crippen molar-refractivity contribution in [2.75, 3.05) is 11.9 Å². The second-order valence-corrected chi connectivity index (χ2v) is 6.63. The van der Waals surface area contributed by atoms with Crippen LogP contribution in [-0.4, -0.2) is 27.3 Å². The van der Waals surface area contributed by atoms with Gasteiger partial charge >= 0.3 is 0 Å². The van der Waals surface area contributed by atoms with Crippen LogP contribution in [0, 0.1) is 17.5 Å². The summed E-state index contributed by atoms with van der Waals surface area (Å²) in [6.45, 7) is 4.51. The van der Waals surface area contributed by atoms with E-state index in [1.165, 1.54) is 12.1 Å². The van der Waals surface area contributed by atoms with E-state index in [1.54, 1.807) is 17.6 Å². The number of aryl methyl sites for hydroxylation is 1. The van der Waals surface area contributed by atoms with Gasteiger partial charge in [-0.15, -0.1) is 0 Å². The van der Waals surface area contributed by atoms with E-state index in [0.717, 1.165) is 11.1 Å². The second-order valence-electron chi connectivity index (χ2n) is 6.25. The third kappa shape index (κ3) is 4.64. The number of carbonyl (C=O) groups is 1. The molecule has 1 amide bonds. The summed E-state index contributed by atoms with van der Waals surface area (Å²) in [7, 11) is 0. The molecular formula is C20H21FN4O2S. The minimum absolute atomic E-state index is 0.160. The Morgan fingerprint density at radius 2 is 2.04 bits per heavy atom. The van der Waals surface area contributed by atoms with Gasteiger partial charge in [0.2, 0.25) is 5.91 Å². The van der Waals surface area contributed by atoms with Crippen molar-refractivity contribution in [1.82, 2.24) is 14.8 Å². The third-order valence-electron chi connectivity index (χ3n) is 4.15. The smallest absolute Gasteiger partial charge is 0.226 e. The number of amides is 1. The Balaban J connectivity index is 1.67. The number of nitrogens with one attached hydrogen (secondary N) is 2. The molecule has 0 spiro atoms. The van der Waals surface area contributed by atoms with Crippen LogP contribution in [0.2, 0.25) is 0 Å². The molecular weight excluding hydrogens is 379 g/mol. The standard InChI is InChI=1S/C20H21FN4O2S/c1-3-27-17-9-8-15(12-16(17)21)22-18(26)10-11-25-19(23-24-20(25)28)14-6-4-13(2)5-7-14/h4-9,12H,3,10-11H2,1-2H3,(H,22,26)(H,24,28). The summed E-state index contributed by atoms with van der Waals surface area (Å²) in [6.07, 6.45) is 0.168. The van der Waals surface area contributed by atoms with Crippen molar-refractivity contribution in [1.29, 1.82) is 0 Å². The lowest BCUT2D eigenvalue weighted by atomic mass is 10.1. The number of anilines is 1. The number of ether oxygens (including phenoxy) is 1. The van der Waals surface area contributed by atoms with Gasteiger partial charge in [-0.1, -0.05) is 29.8 Å². The molecule has 0 bridgehead atoms. The van der Waals surface area contributed by atoms with E-state index < -0.39 is 5.82 Å². The Morgan fingerprint density at radius 3 is 2.71 bits per heavy atom. The van der Waals surface area contributed by atoms with Gasteiger partial charge in [-0.2, -0.15) is 5.10 Å². The lowest BCUT2D eigenvalue weighted by molar-refractivity contribution is -0.116. The van der Waals surface area contributed by atoms with Gasteiger partial charge in [0, 0.05) is 30.3 Å². The van der Waals surface area contributed by atoms with Crippen molar-refractivity contribution < 1.29 is 13.9 Å². The highest BCUT2D eigenvalue weighted by Crippen LogP contribution is 2.22. The molecule has 0 saturated carbocycles. The number of halogens is 1. The second kappa shape index (κ2) is 8.79. The van der Waals surface area contributed by atoms with Crippen molar-refractivity contribution in [3.8, 4) is 17.1 Å². The maximum absolute atomic E-state index is 13.9. The highest BCUT2D eigenvalue weighted by Gasteiger charge is 2.12. The van der Waals surface area contributed by atoms with Crippen molar-refractivity contribution in [2.45, 2.75) is 26.8 Å². The molecule has 146 valence electrons. The third-order valence-corrected chi connectivity index (χ3v) is 4.46. The molecule has 2 aromatic carbocycles. The summed E-state index contributed by atoms with van der Waals surface area (Å²) in [5.41, 5.74) is 2.43. The minimum atomic E-state index is -0.515. The fraction of sp³-hybridized carbons (Fsp3) is 0.250. The summed E-state index contributed by atoms with van der Waals surface area (Å²) in [5, 5.41) is 9.73. The summed E-state index contributed by atoms with van der Waals surface area (Å²) in [4.78, 5) is 12.3. The highest BCUT2D eigenvalue weighted by molar-refractivity contribution is 7.71. The first kappa shape index (κ1) is 19.8. The lowest BCUT2D eigenvalue weighted by Crippen LogP contribution is -2.15. The number of nitrogens with zero attached hydrogens (tertiary/aromatic N) is 2. The lowest BCUT2D eigenvalue weighted by Gasteiger charge is -2.10. The highest BCUT2D eigenvalue weighted by atomic mass is 32.1. The van der Waals surface area contributed by atoms with E-state index >= 15 is 0 Å². The normalized spacial score (nSPS) is 10.7. The van der Waals surface area contributed by atoms with E-state index in [-0.39, 0.29) is 18.1 Å². The first-order chi connectivity index (χ1) is 13.5. The summed E-state index contributed by atoms with van der Waals surface area (Å²) < 4.78 is 21.3. The molecule has 6 nitrogen and oxygen atoms in total. The van der Waals surface area contributed by atoms with Gasteiger partial charge in [-0.3, -0.25) is 14.5 Å². The Bertz CT molecular complexity index is 1030. The number of rotatable bonds is 7. The molecule has 28 heavy (non-hydrogen) atoms. The first-order valence-electron chi connectivity index (χ1n) is 8.92. The largest absolute Gasteiger partial charge is 0.491 e. The number of benzene rings is 2. The van der Waals surface area contributed by atoms with Gasteiger partial charge in [-0.25, -0.2) is 4.39 Å². The molecule has 1 aromatic heterocycles. The Hall–Kier alpha value is -3.00. The van der Waals surface area contributed by atoms with Gasteiger partial charge in [-0.05, 0) is 38.2 Å². The number of hydrogen-bond donors (Lipinski definition) is 2. The van der Waals surface area contributed by atoms with Crippen LogP contribution < -0.4 is 10.1 Å². The maximum Gasteiger partial charge on any atom is 0.226 e. The Morgan fingerprint density at radius 1 is 1.29 bits per heavy atom. The van der Waals surface area contributed by atoms with Gasteiger partial charge < -0.3 is 10.1 Å². The van der Waals surface area contributed by atoms with Gasteiger partial charge in [0.25, 0.3) is 0 Å². The number of aromatic nitrogens is 3. The van der Waals surface area contributed by atoms with Crippen LogP contribution in [0.3, 0.4) is 0 Å². The fourth-order valence-corrected chi connectivity index (χ4v) is 2.96. The topological polar surface area (TPSA) is 71.9 Å². The van der Waals surface area contributed by atoms with Gasteiger partial charge in [0.05, 0.1) is 6.61 Å². The summed E-state index contributed by atoms with van der Waals surface area (Å²) >= 11 is 5.29. The first-order valence-corrected chi connectivity index (χ1v) is 9.33. The zero-order valence-corrected chi connectivity index (χ0v) is 16.5. The molecule has 0 saturated heterocycles. The SMILES string of the molecule is CCOc1ccc(NC(=O)CCn2c(-c3ccc(C)cc3)n[nH]c2=S)cc1F. The van der Waals surface area contributed by atoms with Crippen LogP contribution in [0.4, 0.5) is 10.1 Å². The van der Waals surface area contributed by atoms with Crippen molar-refractivity contribution >= 4 is 23.8 Å². The molecule has 0 fully saturated rings. The van der Waals surface area contributed by atoms with Crippen molar-refractivity contribution in [3.63, 3.8) is 0 Å². The molecule has 2 N–H and O–H groups in total. The molecule has 0 aliphatic carbocycles. The molecule has 0 aliphatic heterocycles. The van der Waals surface area contributed by atoms with E-state index in [1.807, 2.05) is 31.2 Å². The van der Waals surface area contributed by atoms with Crippen LogP contribution in [0.1, 0.15) is 18.9 Å². The maximum atomic E-state index is 13.9. The summed E-state index contributed by atoms with van der Waals surface area (Å²) in [6, 6.07) is 12.2. The quantitative estimate of drug-likeness (QED) is 0.574. The van der Waals surface area contributed by atoms with E-state index in [2.05, 4.69) is 15.5 Å². The molecule has 0 aliphatic rings. The molecule has 0 radical (unpaired) electrons. The number of H-pyrrole nitrogens is 1. The zero-order valence-electron chi connectivity index (χ0n) is 15.7. The predicted molar refractivity (Wildman–Crippen MR) is 108 cm³/mol. The fourth-order valence-electron chi connectivity index (χ4n) is 2.74. The Labute approximate surface area is 167 Å². The average Bonchev–Trinajstić information content (AvgIpc) is 3.03. The van der Waals surface area contributed by atoms with E-state index in [4.69, 9.17) is 17.0 Å². The van der Waals surface area contributed by atoms with E-state index in [9.17, 15) is 9.18 Å². The zero-order chi connectivity index (χ0) is 20.1. The van der Waals surface area contributed by atoms with Crippen LogP contribution in [0.15, 0.2) is 42.5 Å². The van der Waals surface area contributed by atoms with Crippen LogP contribution in [0.5, 0.6) is 5.75 Å². The number of carbonyl (C=O) groups excluding carboxylic acids is 1. The Kier molecular flexibility index (Phi) is 6.20. The molecule has 1 heterocycles. The number of hydrogen-bond acceptors (Lipinski definition) is 4. The molecule has 8 heteroatoms. The minimum Gasteiger partial charge on any atom is -0.491 e. The van der Waals surface area contributed by atoms with Gasteiger partial charge in [0.15, 0.2) is 22.2 Å². The predicted octanol–water partition coefficient (Wildman–Crippen LogP) is 4.48. The molecule has 0 unspecified atom stereocenters.